The Morgan fingerprint density at radius 3 is 2.36 bits per heavy atom. The second kappa shape index (κ2) is 8.03. The lowest BCUT2D eigenvalue weighted by atomic mass is 9.97. The highest BCUT2D eigenvalue weighted by molar-refractivity contribution is 7.89. The summed E-state index contributed by atoms with van der Waals surface area (Å²) >= 11 is 1.40. The molecule has 1 aromatic carbocycles. The number of aryl methyl sites for hydroxylation is 2. The summed E-state index contributed by atoms with van der Waals surface area (Å²) in [7, 11) is -3.54. The van der Waals surface area contributed by atoms with Crippen molar-refractivity contribution in [1.29, 1.82) is 5.26 Å². The third-order valence-electron chi connectivity index (χ3n) is 5.22. The van der Waals surface area contributed by atoms with E-state index in [1.54, 1.807) is 24.3 Å². The van der Waals surface area contributed by atoms with Crippen molar-refractivity contribution in [2.24, 2.45) is 5.92 Å². The highest BCUT2D eigenvalue weighted by Gasteiger charge is 2.32. The van der Waals surface area contributed by atoms with Gasteiger partial charge >= 0.3 is 0 Å². The molecule has 0 atom stereocenters. The van der Waals surface area contributed by atoms with Gasteiger partial charge in [-0.25, -0.2) is 8.42 Å². The summed E-state index contributed by atoms with van der Waals surface area (Å²) in [6.07, 6.45) is 0.921. The van der Waals surface area contributed by atoms with Crippen molar-refractivity contribution in [1.82, 2.24) is 4.31 Å². The maximum absolute atomic E-state index is 12.8. The number of hydrogen-bond acceptors (Lipinski definition) is 5. The molecule has 1 fully saturated rings. The number of hydrogen-bond donors (Lipinski definition) is 1. The molecule has 0 unspecified atom stereocenters. The summed E-state index contributed by atoms with van der Waals surface area (Å²) in [5, 5.41) is 12.8. The van der Waals surface area contributed by atoms with Crippen LogP contribution in [0.5, 0.6) is 0 Å². The van der Waals surface area contributed by atoms with Crippen molar-refractivity contribution in [2.45, 2.75) is 38.5 Å². The Morgan fingerprint density at radius 1 is 1.18 bits per heavy atom. The van der Waals surface area contributed by atoms with Gasteiger partial charge in [0.2, 0.25) is 15.9 Å². The molecule has 8 heteroatoms. The molecule has 6 nitrogen and oxygen atoms in total. The van der Waals surface area contributed by atoms with E-state index in [0.717, 1.165) is 16.0 Å². The minimum absolute atomic E-state index is 0.148. The highest BCUT2D eigenvalue weighted by Crippen LogP contribution is 2.33. The molecule has 1 N–H and O–H groups in total. The number of piperidine rings is 1. The molecule has 0 spiro atoms. The van der Waals surface area contributed by atoms with Crippen molar-refractivity contribution in [3.8, 4) is 6.07 Å². The van der Waals surface area contributed by atoms with Gasteiger partial charge in [0.1, 0.15) is 11.1 Å². The first-order valence-corrected chi connectivity index (χ1v) is 11.4. The lowest BCUT2D eigenvalue weighted by molar-refractivity contribution is -0.120. The number of benzene rings is 1. The average Bonchev–Trinajstić information content (AvgIpc) is 2.95. The number of carbonyl (C=O) groups is 1. The van der Waals surface area contributed by atoms with Crippen molar-refractivity contribution < 1.29 is 13.2 Å². The number of rotatable bonds is 4. The fourth-order valence-electron chi connectivity index (χ4n) is 3.28. The van der Waals surface area contributed by atoms with E-state index in [1.807, 2.05) is 20.8 Å². The van der Waals surface area contributed by atoms with Crippen LogP contribution < -0.4 is 5.32 Å². The third kappa shape index (κ3) is 3.97. The Labute approximate surface area is 169 Å². The quantitative estimate of drug-likeness (QED) is 0.823. The SMILES string of the molecule is Cc1ccc(S(=O)(=O)N2CCC(C(=O)Nc3sc(C)c(C)c3C#N)CC2)cc1. The number of nitrogens with one attached hydrogen (secondary N) is 1. The van der Waals surface area contributed by atoms with Gasteiger partial charge in [-0.2, -0.15) is 9.57 Å². The zero-order valence-corrected chi connectivity index (χ0v) is 17.8. The standard InChI is InChI=1S/C20H23N3O3S2/c1-13-4-6-17(7-5-13)28(25,26)23-10-8-16(9-11-23)19(24)22-20-18(12-21)14(2)15(3)27-20/h4-7,16H,8-11H2,1-3H3,(H,22,24). The summed E-state index contributed by atoms with van der Waals surface area (Å²) in [4.78, 5) is 13.9. The van der Waals surface area contributed by atoms with Crippen LogP contribution in [0.3, 0.4) is 0 Å². The molecule has 28 heavy (non-hydrogen) atoms. The lowest BCUT2D eigenvalue weighted by Gasteiger charge is -2.30. The lowest BCUT2D eigenvalue weighted by Crippen LogP contribution is -2.41. The normalized spacial score (nSPS) is 15.9. The summed E-state index contributed by atoms with van der Waals surface area (Å²) in [5.74, 6) is -0.413. The van der Waals surface area contributed by atoms with Gasteiger partial charge < -0.3 is 5.32 Å². The number of nitrogens with zero attached hydrogens (tertiary/aromatic N) is 2. The molecule has 0 aliphatic carbocycles. The summed E-state index contributed by atoms with van der Waals surface area (Å²) in [5.41, 5.74) is 2.40. The molecule has 1 amide bonds. The maximum Gasteiger partial charge on any atom is 0.243 e. The number of amides is 1. The van der Waals surface area contributed by atoms with E-state index in [9.17, 15) is 18.5 Å². The molecular formula is C20H23N3O3S2. The molecule has 2 aromatic rings. The summed E-state index contributed by atoms with van der Waals surface area (Å²) < 4.78 is 27.0. The Kier molecular flexibility index (Phi) is 5.89. The van der Waals surface area contributed by atoms with Crippen molar-refractivity contribution in [2.75, 3.05) is 18.4 Å². The second-order valence-corrected chi connectivity index (χ2v) is 10.2. The average molecular weight is 418 g/mol. The second-order valence-electron chi connectivity index (χ2n) is 7.08. The number of anilines is 1. The van der Waals surface area contributed by atoms with Crippen molar-refractivity contribution >= 4 is 32.3 Å². The minimum Gasteiger partial charge on any atom is -0.316 e. The largest absolute Gasteiger partial charge is 0.316 e. The van der Waals surface area contributed by atoms with Gasteiger partial charge in [0.15, 0.2) is 0 Å². The molecule has 0 bridgehead atoms. The fraction of sp³-hybridized carbons (Fsp3) is 0.400. The van der Waals surface area contributed by atoms with E-state index < -0.39 is 10.0 Å². The Morgan fingerprint density at radius 2 is 1.79 bits per heavy atom. The van der Waals surface area contributed by atoms with E-state index in [1.165, 1.54) is 15.6 Å². The van der Waals surface area contributed by atoms with E-state index >= 15 is 0 Å². The molecular weight excluding hydrogens is 394 g/mol. The van der Waals surface area contributed by atoms with Crippen LogP contribution in [0.4, 0.5) is 5.00 Å². The van der Waals surface area contributed by atoms with E-state index in [0.29, 0.717) is 36.5 Å². The topological polar surface area (TPSA) is 90.3 Å². The molecule has 1 aromatic heterocycles. The van der Waals surface area contributed by atoms with Gasteiger partial charge in [0.05, 0.1) is 10.5 Å². The molecule has 148 valence electrons. The first-order valence-electron chi connectivity index (χ1n) is 9.12. The Bertz CT molecular complexity index is 1030. The van der Waals surface area contributed by atoms with Gasteiger partial charge in [0.25, 0.3) is 0 Å². The predicted octanol–water partition coefficient (Wildman–Crippen LogP) is 3.58. The van der Waals surface area contributed by atoms with Gasteiger partial charge in [-0.1, -0.05) is 17.7 Å². The molecule has 1 aliphatic rings. The smallest absolute Gasteiger partial charge is 0.243 e. The Hall–Kier alpha value is -2.21. The summed E-state index contributed by atoms with van der Waals surface area (Å²) in [6.45, 7) is 6.32. The van der Waals surface area contributed by atoms with Gasteiger partial charge in [-0.3, -0.25) is 4.79 Å². The monoisotopic (exact) mass is 417 g/mol. The minimum atomic E-state index is -3.54. The van der Waals surface area contributed by atoms with Crippen LogP contribution in [-0.2, 0) is 14.8 Å². The molecule has 0 saturated carbocycles. The van der Waals surface area contributed by atoms with Gasteiger partial charge in [-0.05, 0) is 51.3 Å². The van der Waals surface area contributed by atoms with Crippen LogP contribution in [0.2, 0.25) is 0 Å². The van der Waals surface area contributed by atoms with Crippen LogP contribution >= 0.6 is 11.3 Å². The third-order valence-corrected chi connectivity index (χ3v) is 8.25. The first kappa shape index (κ1) is 20.5. The Balaban J connectivity index is 1.65. The zero-order valence-electron chi connectivity index (χ0n) is 16.2. The number of thiophene rings is 1. The number of nitriles is 1. The van der Waals surface area contributed by atoms with Crippen LogP contribution in [0.25, 0.3) is 0 Å². The number of carbonyl (C=O) groups excluding carboxylic acids is 1. The first-order chi connectivity index (χ1) is 13.2. The molecule has 3 rings (SSSR count). The van der Waals surface area contributed by atoms with Crippen LogP contribution in [-0.4, -0.2) is 31.7 Å². The van der Waals surface area contributed by atoms with Crippen LogP contribution in [0, 0.1) is 38.0 Å². The predicted molar refractivity (Wildman–Crippen MR) is 110 cm³/mol. The molecule has 1 aliphatic heterocycles. The molecule has 1 saturated heterocycles. The maximum atomic E-state index is 12.8. The van der Waals surface area contributed by atoms with Gasteiger partial charge in [-0.15, -0.1) is 11.3 Å². The van der Waals surface area contributed by atoms with Crippen molar-refractivity contribution in [3.63, 3.8) is 0 Å². The highest BCUT2D eigenvalue weighted by atomic mass is 32.2. The summed E-state index contributed by atoms with van der Waals surface area (Å²) in [6, 6.07) is 8.95. The van der Waals surface area contributed by atoms with Crippen LogP contribution in [0.15, 0.2) is 29.2 Å². The van der Waals surface area contributed by atoms with Gasteiger partial charge in [0, 0.05) is 23.9 Å². The van der Waals surface area contributed by atoms with Crippen molar-refractivity contribution in [3.05, 3.63) is 45.8 Å². The zero-order chi connectivity index (χ0) is 20.5. The van der Waals surface area contributed by atoms with E-state index in [4.69, 9.17) is 0 Å². The molecule has 2 heterocycles. The number of sulfonamides is 1. The fourth-order valence-corrected chi connectivity index (χ4v) is 5.76. The van der Waals surface area contributed by atoms with E-state index in [-0.39, 0.29) is 16.7 Å². The van der Waals surface area contributed by atoms with Crippen LogP contribution in [0.1, 0.15) is 34.4 Å². The molecule has 0 radical (unpaired) electrons. The van der Waals surface area contributed by atoms with E-state index in [2.05, 4.69) is 11.4 Å².